The maximum Gasteiger partial charge on any atom is 0.273 e. The lowest BCUT2D eigenvalue weighted by atomic mass is 10.2. The summed E-state index contributed by atoms with van der Waals surface area (Å²) in [5, 5.41) is 9.15. The van der Waals surface area contributed by atoms with Gasteiger partial charge in [0.2, 0.25) is 5.91 Å². The van der Waals surface area contributed by atoms with Gasteiger partial charge in [-0.1, -0.05) is 12.1 Å². The molecule has 2 N–H and O–H groups in total. The van der Waals surface area contributed by atoms with Crippen molar-refractivity contribution in [3.05, 3.63) is 47.8 Å². The Bertz CT molecular complexity index is 732. The highest BCUT2D eigenvalue weighted by molar-refractivity contribution is 6.06. The summed E-state index contributed by atoms with van der Waals surface area (Å²) in [6.45, 7) is 0. The predicted molar refractivity (Wildman–Crippen MR) is 87.3 cm³/mol. The van der Waals surface area contributed by atoms with Crippen molar-refractivity contribution in [1.82, 2.24) is 15.1 Å². The van der Waals surface area contributed by atoms with Crippen LogP contribution < -0.4 is 15.4 Å². The smallest absolute Gasteiger partial charge is 0.273 e. The average molecular weight is 314 g/mol. The van der Waals surface area contributed by atoms with Gasteiger partial charge in [-0.15, -0.1) is 0 Å². The highest BCUT2D eigenvalue weighted by atomic mass is 16.5. The van der Waals surface area contributed by atoms with Crippen LogP contribution in [0.1, 0.15) is 16.1 Å². The number of benzene rings is 1. The van der Waals surface area contributed by atoms with E-state index in [0.29, 0.717) is 5.69 Å². The van der Waals surface area contributed by atoms with Crippen molar-refractivity contribution in [2.45, 2.75) is 0 Å². The zero-order chi connectivity index (χ0) is 16.8. The van der Waals surface area contributed by atoms with Crippen molar-refractivity contribution >= 4 is 23.6 Å². The summed E-state index contributed by atoms with van der Waals surface area (Å²) in [5.41, 5.74) is 1.39. The number of hydrogen-bond donors (Lipinski definition) is 2. The van der Waals surface area contributed by atoms with Gasteiger partial charge >= 0.3 is 0 Å². The van der Waals surface area contributed by atoms with E-state index in [2.05, 4.69) is 15.7 Å². The first kappa shape index (κ1) is 16.3. The Kier molecular flexibility index (Phi) is 5.14. The molecule has 0 bridgehead atoms. The van der Waals surface area contributed by atoms with Gasteiger partial charge in [0.25, 0.3) is 5.91 Å². The maximum absolute atomic E-state index is 12.0. The van der Waals surface area contributed by atoms with Crippen molar-refractivity contribution in [3.8, 4) is 5.75 Å². The van der Waals surface area contributed by atoms with Crippen molar-refractivity contribution in [2.75, 3.05) is 19.5 Å². The maximum atomic E-state index is 12.0. The lowest BCUT2D eigenvalue weighted by Crippen LogP contribution is -2.21. The lowest BCUT2D eigenvalue weighted by molar-refractivity contribution is -0.111. The zero-order valence-electron chi connectivity index (χ0n) is 13.2. The molecule has 0 fully saturated rings. The highest BCUT2D eigenvalue weighted by Gasteiger charge is 2.15. The Morgan fingerprint density at radius 2 is 1.96 bits per heavy atom. The molecule has 0 saturated carbocycles. The largest absolute Gasteiger partial charge is 0.497 e. The molecule has 23 heavy (non-hydrogen) atoms. The van der Waals surface area contributed by atoms with Gasteiger partial charge in [-0.2, -0.15) is 5.10 Å². The van der Waals surface area contributed by atoms with Gasteiger partial charge in [0.15, 0.2) is 5.69 Å². The highest BCUT2D eigenvalue weighted by Crippen LogP contribution is 2.14. The summed E-state index contributed by atoms with van der Waals surface area (Å²) < 4.78 is 6.54. The molecule has 120 valence electrons. The van der Waals surface area contributed by atoms with E-state index >= 15 is 0 Å². The summed E-state index contributed by atoms with van der Waals surface area (Å²) in [4.78, 5) is 23.7. The summed E-state index contributed by atoms with van der Waals surface area (Å²) in [7, 11) is 4.78. The minimum absolute atomic E-state index is 0.168. The van der Waals surface area contributed by atoms with Crippen molar-refractivity contribution < 1.29 is 14.3 Å². The van der Waals surface area contributed by atoms with E-state index in [4.69, 9.17) is 4.74 Å². The number of ether oxygens (including phenoxy) is 1. The standard InChI is InChI=1S/C16H18N4O3/c1-17-16(22)15-13(10-20(2)19-15)18-14(21)9-6-11-4-7-12(23-3)8-5-11/h4-10H,1-3H3,(H,17,22)(H,18,21)/b9-6+. The number of methoxy groups -OCH3 is 1. The van der Waals surface area contributed by atoms with Crippen LogP contribution in [0.5, 0.6) is 5.75 Å². The Balaban J connectivity index is 2.07. The number of nitrogens with one attached hydrogen (secondary N) is 2. The second kappa shape index (κ2) is 7.26. The normalized spacial score (nSPS) is 10.6. The molecule has 0 aliphatic carbocycles. The molecule has 0 atom stereocenters. The molecule has 7 nitrogen and oxygen atoms in total. The zero-order valence-corrected chi connectivity index (χ0v) is 13.2. The number of hydrogen-bond acceptors (Lipinski definition) is 4. The molecule has 1 aromatic heterocycles. The Hall–Kier alpha value is -3.09. The molecule has 2 amide bonds. The molecule has 7 heteroatoms. The SMILES string of the molecule is CNC(=O)c1nn(C)cc1NC(=O)/C=C/c1ccc(OC)cc1. The fraction of sp³-hybridized carbons (Fsp3) is 0.188. The van der Waals surface area contributed by atoms with E-state index in [-0.39, 0.29) is 17.5 Å². The van der Waals surface area contributed by atoms with Gasteiger partial charge in [-0.3, -0.25) is 14.3 Å². The van der Waals surface area contributed by atoms with Crippen LogP contribution in [0.15, 0.2) is 36.5 Å². The van der Waals surface area contributed by atoms with Crippen molar-refractivity contribution in [1.29, 1.82) is 0 Å². The molecule has 1 heterocycles. The van der Waals surface area contributed by atoms with Gasteiger partial charge in [0.05, 0.1) is 12.8 Å². The Morgan fingerprint density at radius 1 is 1.26 bits per heavy atom. The molecule has 2 aromatic rings. The second-order valence-electron chi connectivity index (χ2n) is 4.74. The van der Waals surface area contributed by atoms with Crippen molar-refractivity contribution in [2.24, 2.45) is 7.05 Å². The van der Waals surface area contributed by atoms with E-state index in [9.17, 15) is 9.59 Å². The van der Waals surface area contributed by atoms with E-state index in [1.54, 1.807) is 26.4 Å². The molecule has 1 aromatic carbocycles. The molecular weight excluding hydrogens is 296 g/mol. The number of amides is 2. The minimum atomic E-state index is -0.361. The first-order chi connectivity index (χ1) is 11.0. The van der Waals surface area contributed by atoms with Gasteiger partial charge in [-0.05, 0) is 23.8 Å². The van der Waals surface area contributed by atoms with Crippen LogP contribution in [-0.2, 0) is 11.8 Å². The van der Waals surface area contributed by atoms with Gasteiger partial charge in [0, 0.05) is 26.4 Å². The molecule has 0 spiro atoms. The van der Waals surface area contributed by atoms with Crippen LogP contribution in [0.4, 0.5) is 5.69 Å². The van der Waals surface area contributed by atoms with Crippen molar-refractivity contribution in [3.63, 3.8) is 0 Å². The first-order valence-corrected chi connectivity index (χ1v) is 6.92. The predicted octanol–water partition coefficient (Wildman–Crippen LogP) is 1.44. The van der Waals surface area contributed by atoms with Gasteiger partial charge < -0.3 is 15.4 Å². The average Bonchev–Trinajstić information content (AvgIpc) is 2.93. The number of aryl methyl sites for hydroxylation is 1. The number of rotatable bonds is 5. The molecule has 0 aliphatic heterocycles. The van der Waals surface area contributed by atoms with E-state index in [0.717, 1.165) is 11.3 Å². The molecular formula is C16H18N4O3. The lowest BCUT2D eigenvalue weighted by Gasteiger charge is -2.02. The van der Waals surface area contributed by atoms with Crippen LogP contribution in [0.3, 0.4) is 0 Å². The second-order valence-corrected chi connectivity index (χ2v) is 4.74. The summed E-state index contributed by atoms with van der Waals surface area (Å²) in [5.74, 6) is 0.0381. The fourth-order valence-electron chi connectivity index (χ4n) is 1.93. The first-order valence-electron chi connectivity index (χ1n) is 6.92. The number of carbonyl (C=O) groups is 2. The van der Waals surface area contributed by atoms with Crippen LogP contribution >= 0.6 is 0 Å². The third-order valence-electron chi connectivity index (χ3n) is 3.07. The van der Waals surface area contributed by atoms with Crippen LogP contribution in [-0.4, -0.2) is 35.8 Å². The molecule has 0 aliphatic rings. The monoisotopic (exact) mass is 314 g/mol. The van der Waals surface area contributed by atoms with Gasteiger partial charge in [0.1, 0.15) is 5.75 Å². The number of carbonyl (C=O) groups excluding carboxylic acids is 2. The summed E-state index contributed by atoms with van der Waals surface area (Å²) >= 11 is 0. The van der Waals surface area contributed by atoms with Crippen LogP contribution in [0.2, 0.25) is 0 Å². The van der Waals surface area contributed by atoms with Gasteiger partial charge in [-0.25, -0.2) is 0 Å². The van der Waals surface area contributed by atoms with E-state index in [1.165, 1.54) is 17.8 Å². The Labute approximate surface area is 133 Å². The summed E-state index contributed by atoms with van der Waals surface area (Å²) in [6.07, 6.45) is 4.64. The van der Waals surface area contributed by atoms with E-state index < -0.39 is 0 Å². The number of anilines is 1. The fourth-order valence-corrected chi connectivity index (χ4v) is 1.93. The molecule has 0 unspecified atom stereocenters. The molecule has 0 radical (unpaired) electrons. The van der Waals surface area contributed by atoms with Crippen LogP contribution in [0.25, 0.3) is 6.08 Å². The van der Waals surface area contributed by atoms with Crippen LogP contribution in [0, 0.1) is 0 Å². The summed E-state index contributed by atoms with van der Waals surface area (Å²) in [6, 6.07) is 7.29. The Morgan fingerprint density at radius 3 is 2.57 bits per heavy atom. The topological polar surface area (TPSA) is 85.3 Å². The molecule has 0 saturated heterocycles. The minimum Gasteiger partial charge on any atom is -0.497 e. The number of nitrogens with zero attached hydrogens (tertiary/aromatic N) is 2. The van der Waals surface area contributed by atoms with E-state index in [1.807, 2.05) is 24.3 Å². The quantitative estimate of drug-likeness (QED) is 0.818. The molecule has 2 rings (SSSR count). The third kappa shape index (κ3) is 4.19. The number of aromatic nitrogens is 2. The third-order valence-corrected chi connectivity index (χ3v) is 3.07.